The topological polar surface area (TPSA) is 77.5 Å². The molecule has 0 aliphatic rings. The molecule has 158 valence electrons. The Morgan fingerprint density at radius 2 is 1.59 bits per heavy atom. The summed E-state index contributed by atoms with van der Waals surface area (Å²) in [6, 6.07) is 18.8. The number of rotatable bonds is 7. The van der Waals surface area contributed by atoms with Crippen molar-refractivity contribution in [1.82, 2.24) is 4.98 Å². The lowest BCUT2D eigenvalue weighted by Crippen LogP contribution is -2.12. The van der Waals surface area contributed by atoms with Gasteiger partial charge in [0.25, 0.3) is 5.91 Å². The zero-order chi connectivity index (χ0) is 22.5. The van der Waals surface area contributed by atoms with Crippen molar-refractivity contribution in [2.45, 2.75) is 0 Å². The predicted octanol–water partition coefficient (Wildman–Crippen LogP) is 4.80. The van der Waals surface area contributed by atoms with Crippen LogP contribution in [0.15, 0.2) is 66.7 Å². The fourth-order valence-electron chi connectivity index (χ4n) is 3.02. The van der Waals surface area contributed by atoms with Gasteiger partial charge in [-0.15, -0.1) is 6.42 Å². The molecule has 4 aromatic rings. The van der Waals surface area contributed by atoms with E-state index in [2.05, 4.69) is 16.2 Å². The van der Waals surface area contributed by atoms with Crippen molar-refractivity contribution in [3.05, 3.63) is 83.4 Å². The number of terminal acetylenes is 1. The molecule has 1 N–H and O–H groups in total. The molecule has 1 heterocycles. The Kier molecular flexibility index (Phi) is 6.15. The van der Waals surface area contributed by atoms with Crippen molar-refractivity contribution in [2.24, 2.45) is 0 Å². The number of methoxy groups -OCH3 is 1. The lowest BCUT2D eigenvalue weighted by Gasteiger charge is -2.06. The van der Waals surface area contributed by atoms with Crippen LogP contribution in [0, 0.1) is 12.3 Å². The van der Waals surface area contributed by atoms with E-state index in [0.717, 1.165) is 16.0 Å². The highest BCUT2D eigenvalue weighted by atomic mass is 32.1. The minimum absolute atomic E-state index is 0.152. The molecule has 4 rings (SSSR count). The summed E-state index contributed by atoms with van der Waals surface area (Å²) in [5.41, 5.74) is 2.20. The quantitative estimate of drug-likeness (QED) is 0.329. The molecule has 0 aliphatic heterocycles. The lowest BCUT2D eigenvalue weighted by atomic mass is 10.0. The molecule has 6 nitrogen and oxygen atoms in total. The number of thiazole rings is 1. The minimum Gasteiger partial charge on any atom is -0.497 e. The molecule has 0 radical (unpaired) electrons. The van der Waals surface area contributed by atoms with E-state index in [-0.39, 0.29) is 18.3 Å². The first-order chi connectivity index (χ1) is 15.6. The monoisotopic (exact) mass is 442 g/mol. The lowest BCUT2D eigenvalue weighted by molar-refractivity contribution is 0.102. The van der Waals surface area contributed by atoms with Gasteiger partial charge in [0.05, 0.1) is 17.3 Å². The molecule has 32 heavy (non-hydrogen) atoms. The normalized spacial score (nSPS) is 10.4. The highest BCUT2D eigenvalue weighted by Crippen LogP contribution is 2.29. The summed E-state index contributed by atoms with van der Waals surface area (Å²) in [4.78, 5) is 29.7. The summed E-state index contributed by atoms with van der Waals surface area (Å²) in [5.74, 6) is 3.26. The number of hydrogen-bond donors (Lipinski definition) is 1. The van der Waals surface area contributed by atoms with Crippen LogP contribution in [0.1, 0.15) is 26.3 Å². The van der Waals surface area contributed by atoms with Crippen LogP contribution in [-0.2, 0) is 0 Å². The number of hydrogen-bond acceptors (Lipinski definition) is 6. The van der Waals surface area contributed by atoms with Crippen LogP contribution >= 0.6 is 11.3 Å². The molecule has 0 fully saturated rings. The van der Waals surface area contributed by atoms with Gasteiger partial charge in [-0.1, -0.05) is 29.4 Å². The van der Waals surface area contributed by atoms with E-state index in [9.17, 15) is 9.59 Å². The van der Waals surface area contributed by atoms with Crippen LogP contribution in [0.4, 0.5) is 5.13 Å². The Labute approximate surface area is 188 Å². The van der Waals surface area contributed by atoms with Crippen LogP contribution in [0.5, 0.6) is 11.5 Å². The molecule has 0 aliphatic carbocycles. The van der Waals surface area contributed by atoms with Gasteiger partial charge < -0.3 is 9.47 Å². The van der Waals surface area contributed by atoms with E-state index in [0.29, 0.717) is 27.6 Å². The van der Waals surface area contributed by atoms with Crippen LogP contribution in [-0.4, -0.2) is 30.4 Å². The Bertz CT molecular complexity index is 1320. The molecule has 0 spiro atoms. The number of carbonyl (C=O) groups excluding carboxylic acids is 2. The van der Waals surface area contributed by atoms with Crippen LogP contribution in [0.2, 0.25) is 0 Å². The number of ether oxygens (including phenoxy) is 2. The smallest absolute Gasteiger partial charge is 0.257 e. The van der Waals surface area contributed by atoms with E-state index in [1.165, 1.54) is 11.3 Å². The van der Waals surface area contributed by atoms with Gasteiger partial charge in [-0.05, 0) is 54.6 Å². The van der Waals surface area contributed by atoms with Crippen molar-refractivity contribution in [3.8, 4) is 23.8 Å². The third-order valence-corrected chi connectivity index (χ3v) is 5.60. The van der Waals surface area contributed by atoms with Gasteiger partial charge in [-0.25, -0.2) is 4.98 Å². The van der Waals surface area contributed by atoms with Crippen molar-refractivity contribution < 1.29 is 19.1 Å². The summed E-state index contributed by atoms with van der Waals surface area (Å²) >= 11 is 1.36. The first kappa shape index (κ1) is 21.1. The second-order valence-corrected chi connectivity index (χ2v) is 7.76. The molecule has 0 saturated heterocycles. The number of aromatic nitrogens is 1. The minimum atomic E-state index is -0.301. The zero-order valence-corrected chi connectivity index (χ0v) is 17.9. The average Bonchev–Trinajstić information content (AvgIpc) is 3.24. The maximum Gasteiger partial charge on any atom is 0.257 e. The summed E-state index contributed by atoms with van der Waals surface area (Å²) in [6.07, 6.45) is 5.17. The number of amides is 1. The Balaban J connectivity index is 1.44. The highest BCUT2D eigenvalue weighted by molar-refractivity contribution is 7.22. The first-order valence-corrected chi connectivity index (χ1v) is 10.5. The molecule has 1 amide bonds. The van der Waals surface area contributed by atoms with Gasteiger partial charge in [0.1, 0.15) is 18.1 Å². The van der Waals surface area contributed by atoms with E-state index < -0.39 is 0 Å². The van der Waals surface area contributed by atoms with Crippen LogP contribution in [0.3, 0.4) is 0 Å². The zero-order valence-electron chi connectivity index (χ0n) is 17.1. The number of nitrogens with zero attached hydrogens (tertiary/aromatic N) is 1. The van der Waals surface area contributed by atoms with Gasteiger partial charge in [-0.2, -0.15) is 0 Å². The average molecular weight is 442 g/mol. The van der Waals surface area contributed by atoms with E-state index >= 15 is 0 Å². The molecule has 0 unspecified atom stereocenters. The van der Waals surface area contributed by atoms with Crippen molar-refractivity contribution in [3.63, 3.8) is 0 Å². The summed E-state index contributed by atoms with van der Waals surface area (Å²) in [5, 5.41) is 3.29. The van der Waals surface area contributed by atoms with E-state index in [1.807, 2.05) is 18.2 Å². The Hall–Kier alpha value is -4.15. The fourth-order valence-corrected chi connectivity index (χ4v) is 3.91. The second-order valence-electron chi connectivity index (χ2n) is 6.73. The van der Waals surface area contributed by atoms with Gasteiger partial charge >= 0.3 is 0 Å². The summed E-state index contributed by atoms with van der Waals surface area (Å²) in [7, 11) is 1.60. The molecule has 0 saturated carbocycles. The largest absolute Gasteiger partial charge is 0.497 e. The number of ketones is 1. The third-order valence-electron chi connectivity index (χ3n) is 4.66. The van der Waals surface area contributed by atoms with Crippen molar-refractivity contribution >= 4 is 38.4 Å². The van der Waals surface area contributed by atoms with Gasteiger partial charge in [0.15, 0.2) is 10.9 Å². The van der Waals surface area contributed by atoms with E-state index in [1.54, 1.807) is 55.6 Å². The number of benzene rings is 3. The van der Waals surface area contributed by atoms with Crippen LogP contribution in [0.25, 0.3) is 10.2 Å². The second kappa shape index (κ2) is 9.33. The number of fused-ring (bicyclic) bond motifs is 1. The number of nitrogens with one attached hydrogen (secondary N) is 1. The number of anilines is 1. The molecule has 3 aromatic carbocycles. The van der Waals surface area contributed by atoms with Gasteiger partial charge in [-0.3, -0.25) is 14.9 Å². The van der Waals surface area contributed by atoms with Crippen LogP contribution < -0.4 is 14.8 Å². The van der Waals surface area contributed by atoms with Gasteiger partial charge in [0.2, 0.25) is 0 Å². The summed E-state index contributed by atoms with van der Waals surface area (Å²) in [6.45, 7) is 0.169. The Morgan fingerprint density at radius 1 is 0.969 bits per heavy atom. The Morgan fingerprint density at radius 3 is 2.25 bits per heavy atom. The highest BCUT2D eigenvalue weighted by Gasteiger charge is 2.13. The van der Waals surface area contributed by atoms with Crippen molar-refractivity contribution in [2.75, 3.05) is 19.0 Å². The van der Waals surface area contributed by atoms with Crippen molar-refractivity contribution in [1.29, 1.82) is 0 Å². The molecule has 7 heteroatoms. The predicted molar refractivity (Wildman–Crippen MR) is 125 cm³/mol. The molecule has 0 atom stereocenters. The molecule has 0 bridgehead atoms. The number of carbonyl (C=O) groups is 2. The third kappa shape index (κ3) is 4.61. The SMILES string of the molecule is C#CCOc1ccc(C(=O)c2ccc(C(=O)Nc3nc4ccc(OC)cc4s3)cc2)cc1. The maximum atomic E-state index is 12.7. The summed E-state index contributed by atoms with van der Waals surface area (Å²) < 4.78 is 11.4. The van der Waals surface area contributed by atoms with E-state index in [4.69, 9.17) is 15.9 Å². The molecular formula is C25H18N2O4S. The molecule has 1 aromatic heterocycles. The molecular weight excluding hydrogens is 424 g/mol. The maximum absolute atomic E-state index is 12.7. The van der Waals surface area contributed by atoms with Gasteiger partial charge in [0, 0.05) is 16.7 Å². The fraction of sp³-hybridized carbons (Fsp3) is 0.0800. The first-order valence-electron chi connectivity index (χ1n) is 9.64. The standard InChI is InChI=1S/C25H18N2O4S/c1-3-14-31-19-10-8-17(9-11-19)23(28)16-4-6-18(7-5-16)24(29)27-25-26-21-13-12-20(30-2)15-22(21)32-25/h1,4-13,15H,14H2,2H3,(H,26,27,29).